The van der Waals surface area contributed by atoms with E-state index in [2.05, 4.69) is 4.74 Å². The van der Waals surface area contributed by atoms with E-state index < -0.39 is 12.5 Å². The average Bonchev–Trinajstić information content (AvgIpc) is 2.60. The van der Waals surface area contributed by atoms with Crippen molar-refractivity contribution in [2.24, 2.45) is 0 Å². The van der Waals surface area contributed by atoms with Crippen LogP contribution in [0.1, 0.15) is 31.7 Å². The van der Waals surface area contributed by atoms with Crippen molar-refractivity contribution >= 4 is 5.91 Å². The topological polar surface area (TPSA) is 48.0 Å². The summed E-state index contributed by atoms with van der Waals surface area (Å²) in [5.74, 6) is -0.490. The molecule has 1 aliphatic rings. The van der Waals surface area contributed by atoms with Crippen LogP contribution in [0.25, 0.3) is 0 Å². The number of nitrogens with zero attached hydrogens (tertiary/aromatic N) is 1. The first kappa shape index (κ1) is 20.5. The molecule has 2 rings (SSSR count). The molecule has 1 aromatic rings. The van der Waals surface area contributed by atoms with Crippen LogP contribution in [0.5, 0.6) is 5.75 Å². The summed E-state index contributed by atoms with van der Waals surface area (Å²) in [6.45, 7) is 3.05. The van der Waals surface area contributed by atoms with E-state index in [0.29, 0.717) is 12.2 Å². The molecular weight excluding hydrogens is 351 g/mol. The molecule has 1 fully saturated rings. The first-order valence-corrected chi connectivity index (χ1v) is 8.57. The molecule has 2 atom stereocenters. The number of benzene rings is 1. The van der Waals surface area contributed by atoms with Crippen LogP contribution >= 0.6 is 0 Å². The van der Waals surface area contributed by atoms with Crippen molar-refractivity contribution in [2.45, 2.75) is 51.3 Å². The Labute approximate surface area is 151 Å². The molecule has 2 unspecified atom stereocenters. The van der Waals surface area contributed by atoms with E-state index in [9.17, 15) is 18.0 Å². The van der Waals surface area contributed by atoms with Gasteiger partial charge >= 0.3 is 6.36 Å². The lowest BCUT2D eigenvalue weighted by molar-refractivity contribution is -0.274. The lowest BCUT2D eigenvalue weighted by Gasteiger charge is -2.26. The van der Waals surface area contributed by atoms with E-state index in [4.69, 9.17) is 9.47 Å². The Balaban J connectivity index is 1.79. The van der Waals surface area contributed by atoms with Crippen LogP contribution in [0, 0.1) is 0 Å². The zero-order valence-electron chi connectivity index (χ0n) is 14.9. The largest absolute Gasteiger partial charge is 0.573 e. The Bertz CT molecular complexity index is 571. The maximum absolute atomic E-state index is 12.4. The fraction of sp³-hybridized carbons (Fsp3) is 0.611. The van der Waals surface area contributed by atoms with E-state index in [1.165, 1.54) is 29.2 Å². The molecule has 8 heteroatoms. The molecule has 0 radical (unpaired) electrons. The Kier molecular flexibility index (Phi) is 7.28. The van der Waals surface area contributed by atoms with Gasteiger partial charge in [-0.2, -0.15) is 0 Å². The maximum Gasteiger partial charge on any atom is 0.573 e. The number of alkyl halides is 3. The van der Waals surface area contributed by atoms with Gasteiger partial charge in [0.25, 0.3) is 5.91 Å². The standard InChI is InChI=1S/C18H24F3NO4/c1-13(25-12-16-5-3-4-10-24-16)17(23)22(2)11-14-6-8-15(9-7-14)26-18(19,20)21/h6-9,13,16H,3-5,10-12H2,1-2H3. The summed E-state index contributed by atoms with van der Waals surface area (Å²) >= 11 is 0. The summed E-state index contributed by atoms with van der Waals surface area (Å²) in [6.07, 6.45) is -2.21. The van der Waals surface area contributed by atoms with Gasteiger partial charge in [0, 0.05) is 20.2 Å². The molecule has 0 bridgehead atoms. The summed E-state index contributed by atoms with van der Waals surface area (Å²) in [6, 6.07) is 5.43. The summed E-state index contributed by atoms with van der Waals surface area (Å²) in [7, 11) is 1.62. The van der Waals surface area contributed by atoms with Crippen LogP contribution in [-0.4, -0.2) is 49.6 Å². The normalized spacial score (nSPS) is 19.0. The van der Waals surface area contributed by atoms with Crippen molar-refractivity contribution in [2.75, 3.05) is 20.3 Å². The second kappa shape index (κ2) is 9.23. The number of halogens is 3. The smallest absolute Gasteiger partial charge is 0.406 e. The first-order valence-electron chi connectivity index (χ1n) is 8.57. The highest BCUT2D eigenvalue weighted by molar-refractivity contribution is 5.80. The van der Waals surface area contributed by atoms with E-state index in [-0.39, 0.29) is 24.3 Å². The highest BCUT2D eigenvalue weighted by atomic mass is 19.4. The Morgan fingerprint density at radius 3 is 2.58 bits per heavy atom. The number of likely N-dealkylation sites (N-methyl/N-ethyl adjacent to an activating group) is 1. The lowest BCUT2D eigenvalue weighted by atomic mass is 10.1. The second-order valence-corrected chi connectivity index (χ2v) is 6.35. The highest BCUT2D eigenvalue weighted by Gasteiger charge is 2.31. The zero-order valence-corrected chi connectivity index (χ0v) is 14.9. The molecule has 0 N–H and O–H groups in total. The van der Waals surface area contributed by atoms with Crippen molar-refractivity contribution in [1.82, 2.24) is 4.90 Å². The van der Waals surface area contributed by atoms with Gasteiger partial charge in [0.05, 0.1) is 12.7 Å². The fourth-order valence-corrected chi connectivity index (χ4v) is 2.72. The van der Waals surface area contributed by atoms with Crippen molar-refractivity contribution < 1.29 is 32.2 Å². The Morgan fingerprint density at radius 1 is 1.31 bits per heavy atom. The molecule has 1 aromatic carbocycles. The van der Waals surface area contributed by atoms with Crippen LogP contribution in [0.2, 0.25) is 0 Å². The van der Waals surface area contributed by atoms with Gasteiger partial charge in [-0.1, -0.05) is 12.1 Å². The molecule has 1 heterocycles. The molecule has 0 spiro atoms. The minimum Gasteiger partial charge on any atom is -0.406 e. The van der Waals surface area contributed by atoms with Crippen LogP contribution in [-0.2, 0) is 20.8 Å². The minimum absolute atomic E-state index is 0.0329. The highest BCUT2D eigenvalue weighted by Crippen LogP contribution is 2.23. The van der Waals surface area contributed by atoms with Crippen LogP contribution in [0.3, 0.4) is 0 Å². The van der Waals surface area contributed by atoms with Crippen LogP contribution < -0.4 is 4.74 Å². The predicted molar refractivity (Wildman–Crippen MR) is 88.6 cm³/mol. The number of amides is 1. The number of carbonyl (C=O) groups is 1. The molecule has 5 nitrogen and oxygen atoms in total. The molecule has 26 heavy (non-hydrogen) atoms. The SMILES string of the molecule is CC(OCC1CCCCO1)C(=O)N(C)Cc1ccc(OC(F)(F)F)cc1. The molecule has 0 aliphatic carbocycles. The third kappa shape index (κ3) is 6.84. The second-order valence-electron chi connectivity index (χ2n) is 6.35. The summed E-state index contributed by atoms with van der Waals surface area (Å²) in [5, 5.41) is 0. The molecular formula is C18H24F3NO4. The Hall–Kier alpha value is -1.80. The molecule has 1 saturated heterocycles. The third-order valence-electron chi connectivity index (χ3n) is 4.11. The number of hydrogen-bond acceptors (Lipinski definition) is 4. The van der Waals surface area contributed by atoms with Crippen molar-refractivity contribution in [3.05, 3.63) is 29.8 Å². The van der Waals surface area contributed by atoms with Gasteiger partial charge in [0.2, 0.25) is 0 Å². The molecule has 146 valence electrons. The molecule has 1 aliphatic heterocycles. The molecule has 1 amide bonds. The van der Waals surface area contributed by atoms with Gasteiger partial charge in [-0.25, -0.2) is 0 Å². The number of ether oxygens (including phenoxy) is 3. The van der Waals surface area contributed by atoms with Gasteiger partial charge < -0.3 is 19.1 Å². The van der Waals surface area contributed by atoms with E-state index >= 15 is 0 Å². The molecule has 0 aromatic heterocycles. The van der Waals surface area contributed by atoms with Gasteiger partial charge in [-0.3, -0.25) is 4.79 Å². The van der Waals surface area contributed by atoms with Gasteiger partial charge in [-0.15, -0.1) is 13.2 Å². The Morgan fingerprint density at radius 2 is 2.00 bits per heavy atom. The lowest BCUT2D eigenvalue weighted by Crippen LogP contribution is -2.37. The quantitative estimate of drug-likeness (QED) is 0.732. The van der Waals surface area contributed by atoms with Crippen LogP contribution in [0.4, 0.5) is 13.2 Å². The minimum atomic E-state index is -4.72. The van der Waals surface area contributed by atoms with Crippen LogP contribution in [0.15, 0.2) is 24.3 Å². The fourth-order valence-electron chi connectivity index (χ4n) is 2.72. The molecule has 0 saturated carbocycles. The van der Waals surface area contributed by atoms with Crippen molar-refractivity contribution in [3.8, 4) is 5.75 Å². The first-order chi connectivity index (χ1) is 12.2. The number of rotatable bonds is 7. The van der Waals surface area contributed by atoms with E-state index in [1.807, 2.05) is 0 Å². The summed E-state index contributed by atoms with van der Waals surface area (Å²) in [4.78, 5) is 13.8. The predicted octanol–water partition coefficient (Wildman–Crippen LogP) is 3.52. The number of hydrogen-bond donors (Lipinski definition) is 0. The average molecular weight is 375 g/mol. The number of carbonyl (C=O) groups excluding carboxylic acids is 1. The van der Waals surface area contributed by atoms with E-state index in [0.717, 1.165) is 25.9 Å². The van der Waals surface area contributed by atoms with E-state index in [1.54, 1.807) is 14.0 Å². The van der Waals surface area contributed by atoms with Crippen molar-refractivity contribution in [1.29, 1.82) is 0 Å². The monoisotopic (exact) mass is 375 g/mol. The van der Waals surface area contributed by atoms with Gasteiger partial charge in [0.15, 0.2) is 0 Å². The summed E-state index contributed by atoms with van der Waals surface area (Å²) < 4.78 is 51.5. The third-order valence-corrected chi connectivity index (χ3v) is 4.11. The maximum atomic E-state index is 12.4. The van der Waals surface area contributed by atoms with Gasteiger partial charge in [0.1, 0.15) is 11.9 Å². The zero-order chi connectivity index (χ0) is 19.2. The van der Waals surface area contributed by atoms with Gasteiger partial charge in [-0.05, 0) is 43.9 Å². The van der Waals surface area contributed by atoms with Crippen molar-refractivity contribution in [3.63, 3.8) is 0 Å². The summed E-state index contributed by atoms with van der Waals surface area (Å²) in [5.41, 5.74) is 0.693.